The highest BCUT2D eigenvalue weighted by Gasteiger charge is 2.28. The first-order chi connectivity index (χ1) is 7.31. The van der Waals surface area contributed by atoms with Gasteiger partial charge in [-0.05, 0) is 18.1 Å². The van der Waals surface area contributed by atoms with Gasteiger partial charge >= 0.3 is 0 Å². The van der Waals surface area contributed by atoms with E-state index in [1.165, 1.54) is 5.56 Å². The zero-order valence-electron chi connectivity index (χ0n) is 8.52. The van der Waals surface area contributed by atoms with Gasteiger partial charge in [0.05, 0.1) is 6.10 Å². The number of aliphatic hydroxyl groups excluding tert-OH is 1. The van der Waals surface area contributed by atoms with Crippen LogP contribution in [0.3, 0.4) is 0 Å². The Balaban J connectivity index is 1.98. The van der Waals surface area contributed by atoms with Crippen LogP contribution in [0.5, 0.6) is 5.75 Å². The molecule has 2 heteroatoms. The number of aliphatic hydroxyl groups is 1. The topological polar surface area (TPSA) is 29.5 Å². The van der Waals surface area contributed by atoms with E-state index < -0.39 is 6.10 Å². The molecule has 0 saturated heterocycles. The van der Waals surface area contributed by atoms with Gasteiger partial charge in [-0.3, -0.25) is 0 Å². The molecule has 0 bridgehead atoms. The third kappa shape index (κ3) is 2.14. The standard InChI is InChI=1S/C13H14O2/c1-2-3-7-11(14)13-9-10-6-4-5-8-12(10)15-13/h1,4-6,8,11,13-14H,3,7,9H2. The number of benzene rings is 1. The maximum Gasteiger partial charge on any atom is 0.129 e. The fourth-order valence-corrected chi connectivity index (χ4v) is 1.84. The molecule has 0 radical (unpaired) electrons. The first-order valence-electron chi connectivity index (χ1n) is 5.17. The van der Waals surface area contributed by atoms with Gasteiger partial charge in [0.15, 0.2) is 0 Å². The summed E-state index contributed by atoms with van der Waals surface area (Å²) >= 11 is 0. The Kier molecular flexibility index (Phi) is 2.94. The van der Waals surface area contributed by atoms with E-state index in [1.54, 1.807) is 0 Å². The Labute approximate surface area is 89.9 Å². The monoisotopic (exact) mass is 202 g/mol. The van der Waals surface area contributed by atoms with Crippen LogP contribution in [-0.4, -0.2) is 17.3 Å². The molecule has 1 aliphatic heterocycles. The van der Waals surface area contributed by atoms with Gasteiger partial charge in [0.1, 0.15) is 11.9 Å². The lowest BCUT2D eigenvalue weighted by Gasteiger charge is -2.16. The fraction of sp³-hybridized carbons (Fsp3) is 0.385. The minimum absolute atomic E-state index is 0.129. The van der Waals surface area contributed by atoms with E-state index in [1.807, 2.05) is 24.3 Å². The van der Waals surface area contributed by atoms with E-state index in [-0.39, 0.29) is 6.10 Å². The number of hydrogen-bond acceptors (Lipinski definition) is 2. The molecule has 1 N–H and O–H groups in total. The minimum Gasteiger partial charge on any atom is -0.487 e. The Morgan fingerprint density at radius 3 is 3.07 bits per heavy atom. The van der Waals surface area contributed by atoms with Gasteiger partial charge in [0.2, 0.25) is 0 Å². The summed E-state index contributed by atoms with van der Waals surface area (Å²) in [6, 6.07) is 7.89. The average Bonchev–Trinajstić information content (AvgIpc) is 2.69. The Morgan fingerprint density at radius 1 is 1.53 bits per heavy atom. The van der Waals surface area contributed by atoms with Crippen molar-refractivity contribution < 1.29 is 9.84 Å². The molecule has 1 aliphatic rings. The van der Waals surface area contributed by atoms with Crippen LogP contribution < -0.4 is 4.74 Å². The molecule has 78 valence electrons. The molecule has 0 saturated carbocycles. The summed E-state index contributed by atoms with van der Waals surface area (Å²) in [5.74, 6) is 3.42. The van der Waals surface area contributed by atoms with Crippen molar-refractivity contribution in [2.45, 2.75) is 31.5 Å². The van der Waals surface area contributed by atoms with Crippen LogP contribution in [0.25, 0.3) is 0 Å². The number of para-hydroxylation sites is 1. The van der Waals surface area contributed by atoms with Crippen molar-refractivity contribution in [1.29, 1.82) is 0 Å². The molecule has 0 spiro atoms. The van der Waals surface area contributed by atoms with Gasteiger partial charge in [-0.2, -0.15) is 0 Å². The third-order valence-electron chi connectivity index (χ3n) is 2.69. The lowest BCUT2D eigenvalue weighted by molar-refractivity contribution is 0.0451. The average molecular weight is 202 g/mol. The largest absolute Gasteiger partial charge is 0.487 e. The molecule has 0 aliphatic carbocycles. The summed E-state index contributed by atoms with van der Waals surface area (Å²) in [7, 11) is 0. The molecule has 2 rings (SSSR count). The van der Waals surface area contributed by atoms with E-state index in [4.69, 9.17) is 11.2 Å². The molecule has 1 heterocycles. The summed E-state index contributed by atoms with van der Waals surface area (Å²) in [5, 5.41) is 9.83. The SMILES string of the molecule is C#CCCC(O)C1Cc2ccccc2O1. The second-order valence-corrected chi connectivity index (χ2v) is 3.78. The number of ether oxygens (including phenoxy) is 1. The molecule has 2 unspecified atom stereocenters. The molecule has 1 aromatic rings. The highest BCUT2D eigenvalue weighted by atomic mass is 16.5. The highest BCUT2D eigenvalue weighted by Crippen LogP contribution is 2.30. The van der Waals surface area contributed by atoms with Gasteiger partial charge in [-0.25, -0.2) is 0 Å². The molecule has 2 atom stereocenters. The van der Waals surface area contributed by atoms with Crippen LogP contribution in [0.2, 0.25) is 0 Å². The van der Waals surface area contributed by atoms with Crippen molar-refractivity contribution >= 4 is 0 Å². The molecule has 15 heavy (non-hydrogen) atoms. The minimum atomic E-state index is -0.464. The van der Waals surface area contributed by atoms with Gasteiger partial charge in [-0.1, -0.05) is 18.2 Å². The van der Waals surface area contributed by atoms with Crippen molar-refractivity contribution in [3.63, 3.8) is 0 Å². The van der Waals surface area contributed by atoms with Crippen LogP contribution in [0.4, 0.5) is 0 Å². The second kappa shape index (κ2) is 4.37. The number of rotatable bonds is 3. The van der Waals surface area contributed by atoms with Crippen molar-refractivity contribution in [3.8, 4) is 18.1 Å². The van der Waals surface area contributed by atoms with E-state index in [9.17, 15) is 5.11 Å². The first-order valence-corrected chi connectivity index (χ1v) is 5.17. The molecule has 2 nitrogen and oxygen atoms in total. The summed E-state index contributed by atoms with van der Waals surface area (Å²) in [5.41, 5.74) is 1.17. The zero-order valence-corrected chi connectivity index (χ0v) is 8.52. The maximum atomic E-state index is 9.83. The number of terminal acetylenes is 1. The molecular formula is C13H14O2. The van der Waals surface area contributed by atoms with Gasteiger partial charge in [-0.15, -0.1) is 12.3 Å². The maximum absolute atomic E-state index is 9.83. The zero-order chi connectivity index (χ0) is 10.7. The Bertz CT molecular complexity index is 353. The lowest BCUT2D eigenvalue weighted by Crippen LogP contribution is -2.29. The normalized spacial score (nSPS) is 20.1. The summed E-state index contributed by atoms with van der Waals surface area (Å²) in [4.78, 5) is 0. The van der Waals surface area contributed by atoms with Crippen LogP contribution in [0.15, 0.2) is 24.3 Å². The summed E-state index contributed by atoms with van der Waals surface area (Å²) in [6.45, 7) is 0. The number of fused-ring (bicyclic) bond motifs is 1. The van der Waals surface area contributed by atoms with Gasteiger partial charge < -0.3 is 9.84 Å². The molecule has 0 fully saturated rings. The fourth-order valence-electron chi connectivity index (χ4n) is 1.84. The molecular weight excluding hydrogens is 188 g/mol. The van der Waals surface area contributed by atoms with Gasteiger partial charge in [0, 0.05) is 12.8 Å². The van der Waals surface area contributed by atoms with Crippen LogP contribution >= 0.6 is 0 Å². The third-order valence-corrected chi connectivity index (χ3v) is 2.69. The lowest BCUT2D eigenvalue weighted by atomic mass is 10.0. The quantitative estimate of drug-likeness (QED) is 0.757. The van der Waals surface area contributed by atoms with Crippen LogP contribution in [0.1, 0.15) is 18.4 Å². The van der Waals surface area contributed by atoms with Gasteiger partial charge in [0.25, 0.3) is 0 Å². The van der Waals surface area contributed by atoms with Crippen LogP contribution in [-0.2, 0) is 6.42 Å². The molecule has 0 aromatic heterocycles. The Hall–Kier alpha value is -1.46. The van der Waals surface area contributed by atoms with Crippen LogP contribution in [0, 0.1) is 12.3 Å². The first kappa shape index (κ1) is 10.1. The summed E-state index contributed by atoms with van der Waals surface area (Å²) < 4.78 is 5.65. The van der Waals surface area contributed by atoms with E-state index in [0.29, 0.717) is 12.8 Å². The van der Waals surface area contributed by atoms with Crippen molar-refractivity contribution in [1.82, 2.24) is 0 Å². The van der Waals surface area contributed by atoms with E-state index in [2.05, 4.69) is 5.92 Å². The smallest absolute Gasteiger partial charge is 0.129 e. The van der Waals surface area contributed by atoms with E-state index >= 15 is 0 Å². The summed E-state index contributed by atoms with van der Waals surface area (Å²) in [6.07, 6.45) is 6.54. The van der Waals surface area contributed by atoms with Crippen molar-refractivity contribution in [2.24, 2.45) is 0 Å². The second-order valence-electron chi connectivity index (χ2n) is 3.78. The van der Waals surface area contributed by atoms with Crippen molar-refractivity contribution in [3.05, 3.63) is 29.8 Å². The van der Waals surface area contributed by atoms with Crippen molar-refractivity contribution in [2.75, 3.05) is 0 Å². The highest BCUT2D eigenvalue weighted by molar-refractivity contribution is 5.37. The molecule has 0 amide bonds. The predicted molar refractivity (Wildman–Crippen MR) is 58.6 cm³/mol. The molecule has 1 aromatic carbocycles. The van der Waals surface area contributed by atoms with E-state index in [0.717, 1.165) is 12.2 Å². The Morgan fingerprint density at radius 2 is 2.33 bits per heavy atom. The predicted octanol–water partition coefficient (Wildman–Crippen LogP) is 1.76. The number of hydrogen-bond donors (Lipinski definition) is 1.